The van der Waals surface area contributed by atoms with Gasteiger partial charge in [0, 0.05) is 37.0 Å². The van der Waals surface area contributed by atoms with E-state index < -0.39 is 4.92 Å². The Morgan fingerprint density at radius 3 is 2.41 bits per heavy atom. The summed E-state index contributed by atoms with van der Waals surface area (Å²) in [5.41, 5.74) is 0.919. The maximum Gasteiger partial charge on any atom is 0.269 e. The summed E-state index contributed by atoms with van der Waals surface area (Å²) < 4.78 is 12.8. The van der Waals surface area contributed by atoms with Crippen molar-refractivity contribution >= 4 is 11.4 Å². The third kappa shape index (κ3) is 3.13. The normalized spacial score (nSPS) is 17.9. The van der Waals surface area contributed by atoms with E-state index in [1.807, 2.05) is 0 Å². The molecular weight excluding hydrogens is 225 g/mol. The van der Waals surface area contributed by atoms with Crippen molar-refractivity contribution in [3.63, 3.8) is 0 Å². The smallest absolute Gasteiger partial charge is 0.269 e. The van der Waals surface area contributed by atoms with Gasteiger partial charge in [-0.2, -0.15) is 0 Å². The number of nitro groups is 1. The van der Waals surface area contributed by atoms with Gasteiger partial charge in [0.05, 0.1) is 4.92 Å². The van der Waals surface area contributed by atoms with Crippen LogP contribution >= 0.6 is 0 Å². The number of hydrogen-bond donors (Lipinski definition) is 1. The van der Waals surface area contributed by atoms with Crippen LogP contribution in [0.25, 0.3) is 0 Å². The van der Waals surface area contributed by atoms with Crippen LogP contribution in [0.4, 0.5) is 15.9 Å². The van der Waals surface area contributed by atoms with E-state index in [0.717, 1.165) is 23.7 Å². The van der Waals surface area contributed by atoms with E-state index in [1.54, 1.807) is 12.1 Å². The Balaban J connectivity index is 1.92. The van der Waals surface area contributed by atoms with Crippen LogP contribution in [0.2, 0.25) is 0 Å². The number of halogens is 1. The zero-order valence-electron chi connectivity index (χ0n) is 9.30. The minimum Gasteiger partial charge on any atom is -0.382 e. The van der Waals surface area contributed by atoms with Crippen molar-refractivity contribution in [2.45, 2.75) is 18.9 Å². The standard InChI is InChI=1S/C11H14FN3O2/c12-14-7-5-10(6-8-14)13-9-1-3-11(4-2-9)15(16)17/h1-4,10,13H,5-8H2. The zero-order valence-corrected chi connectivity index (χ0v) is 9.30. The molecule has 0 unspecified atom stereocenters. The molecule has 6 heteroatoms. The summed E-state index contributed by atoms with van der Waals surface area (Å²) in [6.07, 6.45) is 1.49. The van der Waals surface area contributed by atoms with Crippen molar-refractivity contribution in [1.29, 1.82) is 0 Å². The molecule has 0 aliphatic carbocycles. The molecule has 1 aromatic rings. The highest BCUT2D eigenvalue weighted by atomic mass is 19.2. The van der Waals surface area contributed by atoms with Gasteiger partial charge in [0.25, 0.3) is 5.69 Å². The molecule has 1 heterocycles. The van der Waals surface area contributed by atoms with E-state index in [1.165, 1.54) is 12.1 Å². The average molecular weight is 239 g/mol. The third-order valence-electron chi connectivity index (χ3n) is 2.89. The average Bonchev–Trinajstić information content (AvgIpc) is 2.33. The number of anilines is 1. The lowest BCUT2D eigenvalue weighted by atomic mass is 10.1. The number of rotatable bonds is 3. The Morgan fingerprint density at radius 2 is 1.88 bits per heavy atom. The number of nitro benzene ring substituents is 1. The largest absolute Gasteiger partial charge is 0.382 e. The highest BCUT2D eigenvalue weighted by Crippen LogP contribution is 2.19. The number of nitrogens with zero attached hydrogens (tertiary/aromatic N) is 2. The van der Waals surface area contributed by atoms with Gasteiger partial charge < -0.3 is 5.32 Å². The van der Waals surface area contributed by atoms with Gasteiger partial charge in [-0.15, -0.1) is 9.60 Å². The van der Waals surface area contributed by atoms with Gasteiger partial charge in [-0.1, -0.05) is 0 Å². The predicted octanol–water partition coefficient (Wildman–Crippen LogP) is 2.36. The van der Waals surface area contributed by atoms with Crippen LogP contribution in [0.5, 0.6) is 0 Å². The molecule has 0 spiro atoms. The second kappa shape index (κ2) is 5.09. The summed E-state index contributed by atoms with van der Waals surface area (Å²) >= 11 is 0. The van der Waals surface area contributed by atoms with Crippen molar-refractivity contribution in [3.05, 3.63) is 34.4 Å². The molecule has 1 aliphatic heterocycles. The van der Waals surface area contributed by atoms with Crippen LogP contribution in [-0.4, -0.2) is 29.2 Å². The van der Waals surface area contributed by atoms with Crippen molar-refractivity contribution in [2.24, 2.45) is 0 Å². The monoisotopic (exact) mass is 239 g/mol. The first-order valence-electron chi connectivity index (χ1n) is 5.57. The Kier molecular flexibility index (Phi) is 3.53. The number of hydrogen-bond acceptors (Lipinski definition) is 4. The van der Waals surface area contributed by atoms with Crippen molar-refractivity contribution in [3.8, 4) is 0 Å². The van der Waals surface area contributed by atoms with Gasteiger partial charge in [-0.05, 0) is 25.0 Å². The second-order valence-electron chi connectivity index (χ2n) is 4.13. The molecule has 0 atom stereocenters. The fourth-order valence-electron chi connectivity index (χ4n) is 1.91. The second-order valence-corrected chi connectivity index (χ2v) is 4.13. The Labute approximate surface area is 98.3 Å². The van der Waals surface area contributed by atoms with Crippen LogP contribution in [0.15, 0.2) is 24.3 Å². The Morgan fingerprint density at radius 1 is 1.29 bits per heavy atom. The molecule has 2 rings (SSSR count). The quantitative estimate of drug-likeness (QED) is 0.499. The lowest BCUT2D eigenvalue weighted by Crippen LogP contribution is -2.34. The minimum absolute atomic E-state index is 0.0779. The fraction of sp³-hybridized carbons (Fsp3) is 0.455. The van der Waals surface area contributed by atoms with Crippen molar-refractivity contribution in [1.82, 2.24) is 5.12 Å². The van der Waals surface area contributed by atoms with E-state index in [9.17, 15) is 14.6 Å². The summed E-state index contributed by atoms with van der Waals surface area (Å²) in [5.74, 6) is 0. The maximum atomic E-state index is 12.8. The van der Waals surface area contributed by atoms with E-state index in [4.69, 9.17) is 0 Å². The molecule has 0 radical (unpaired) electrons. The van der Waals surface area contributed by atoms with Crippen molar-refractivity contribution < 1.29 is 9.40 Å². The molecule has 1 saturated heterocycles. The molecule has 92 valence electrons. The van der Waals surface area contributed by atoms with E-state index >= 15 is 0 Å². The van der Waals surface area contributed by atoms with E-state index in [2.05, 4.69) is 5.32 Å². The van der Waals surface area contributed by atoms with Gasteiger partial charge in [-0.25, -0.2) is 0 Å². The van der Waals surface area contributed by atoms with Gasteiger partial charge in [0.15, 0.2) is 0 Å². The van der Waals surface area contributed by atoms with E-state index in [0.29, 0.717) is 13.1 Å². The van der Waals surface area contributed by atoms with Gasteiger partial charge in [0.1, 0.15) is 0 Å². The third-order valence-corrected chi connectivity index (χ3v) is 2.89. The molecule has 0 amide bonds. The Bertz CT molecular complexity index is 388. The summed E-state index contributed by atoms with van der Waals surface area (Å²) in [6.45, 7) is 0.870. The number of benzene rings is 1. The molecule has 5 nitrogen and oxygen atoms in total. The van der Waals surface area contributed by atoms with Crippen molar-refractivity contribution in [2.75, 3.05) is 18.4 Å². The first-order valence-corrected chi connectivity index (χ1v) is 5.57. The predicted molar refractivity (Wildman–Crippen MR) is 62.4 cm³/mol. The zero-order chi connectivity index (χ0) is 12.3. The summed E-state index contributed by atoms with van der Waals surface area (Å²) in [5, 5.41) is 14.5. The van der Waals surface area contributed by atoms with E-state index in [-0.39, 0.29) is 11.7 Å². The minimum atomic E-state index is -0.425. The SMILES string of the molecule is O=[N+]([O-])c1ccc(NC2CCN(F)CC2)cc1. The molecule has 1 aliphatic rings. The number of piperidine rings is 1. The first kappa shape index (κ1) is 11.8. The highest BCUT2D eigenvalue weighted by Gasteiger charge is 2.18. The van der Waals surface area contributed by atoms with Gasteiger partial charge >= 0.3 is 0 Å². The van der Waals surface area contributed by atoms with Gasteiger partial charge in [0.2, 0.25) is 0 Å². The molecular formula is C11H14FN3O2. The lowest BCUT2D eigenvalue weighted by Gasteiger charge is -2.27. The molecule has 0 aromatic heterocycles. The topological polar surface area (TPSA) is 58.4 Å². The van der Waals surface area contributed by atoms with Crippen LogP contribution < -0.4 is 5.32 Å². The summed E-state index contributed by atoms with van der Waals surface area (Å²) in [4.78, 5) is 10.1. The van der Waals surface area contributed by atoms with Crippen LogP contribution in [0, 0.1) is 10.1 Å². The van der Waals surface area contributed by atoms with Crippen LogP contribution in [0.3, 0.4) is 0 Å². The summed E-state index contributed by atoms with van der Waals surface area (Å²) in [7, 11) is 0. The fourth-order valence-corrected chi connectivity index (χ4v) is 1.91. The molecule has 1 aromatic carbocycles. The molecule has 0 saturated carbocycles. The molecule has 0 bridgehead atoms. The maximum absolute atomic E-state index is 12.8. The summed E-state index contributed by atoms with van der Waals surface area (Å²) in [6, 6.07) is 6.53. The molecule has 1 fully saturated rings. The lowest BCUT2D eigenvalue weighted by molar-refractivity contribution is -0.384. The Hall–Kier alpha value is -1.69. The molecule has 17 heavy (non-hydrogen) atoms. The first-order chi connectivity index (χ1) is 8.15. The van der Waals surface area contributed by atoms with Gasteiger partial charge in [-0.3, -0.25) is 10.1 Å². The van der Waals surface area contributed by atoms with Crippen LogP contribution in [-0.2, 0) is 0 Å². The molecule has 1 N–H and O–H groups in total. The number of non-ortho nitro benzene ring substituents is 1. The van der Waals surface area contributed by atoms with Crippen LogP contribution in [0.1, 0.15) is 12.8 Å². The number of nitrogens with one attached hydrogen (secondary N) is 1. The highest BCUT2D eigenvalue weighted by molar-refractivity contribution is 5.49.